The average molecular weight is 343 g/mol. The number of Topliss-reactive ketones (excluding diaryl/α,β-unsaturated/α-hetero) is 1. The number of carbonyl (C=O) groups is 2. The zero-order valence-electron chi connectivity index (χ0n) is 13.2. The molecule has 1 N–H and O–H groups in total. The summed E-state index contributed by atoms with van der Waals surface area (Å²) in [6.07, 6.45) is 0. The molecule has 0 aromatic heterocycles. The molecule has 5 nitrogen and oxygen atoms in total. The van der Waals surface area contributed by atoms with Crippen molar-refractivity contribution in [2.24, 2.45) is 0 Å². The lowest BCUT2D eigenvalue weighted by molar-refractivity contribution is -0.116. The summed E-state index contributed by atoms with van der Waals surface area (Å²) in [5, 5.41) is 12.0. The van der Waals surface area contributed by atoms with Crippen LogP contribution in [-0.4, -0.2) is 25.3 Å². The fourth-order valence-corrected chi connectivity index (χ4v) is 2.37. The van der Waals surface area contributed by atoms with E-state index in [1.54, 1.807) is 36.4 Å². The molecule has 1 amide bonds. The predicted molar refractivity (Wildman–Crippen MR) is 91.2 cm³/mol. The van der Waals surface area contributed by atoms with Gasteiger partial charge in [-0.2, -0.15) is 5.26 Å². The van der Waals surface area contributed by atoms with E-state index < -0.39 is 0 Å². The van der Waals surface area contributed by atoms with Crippen molar-refractivity contribution in [2.75, 3.05) is 13.7 Å². The summed E-state index contributed by atoms with van der Waals surface area (Å²) in [7, 11) is 1.50. The maximum atomic E-state index is 12.1. The van der Waals surface area contributed by atoms with Gasteiger partial charge in [-0.15, -0.1) is 0 Å². The van der Waals surface area contributed by atoms with Crippen LogP contribution >= 0.6 is 11.6 Å². The van der Waals surface area contributed by atoms with Gasteiger partial charge in [-0.1, -0.05) is 23.7 Å². The van der Waals surface area contributed by atoms with Crippen LogP contribution in [0.5, 0.6) is 5.75 Å². The maximum absolute atomic E-state index is 12.1. The second-order valence-corrected chi connectivity index (χ2v) is 5.52. The summed E-state index contributed by atoms with van der Waals surface area (Å²) in [4.78, 5) is 23.1. The van der Waals surface area contributed by atoms with Gasteiger partial charge in [-0.05, 0) is 30.7 Å². The fourth-order valence-electron chi connectivity index (χ4n) is 2.17. The molecule has 2 aromatic carbocycles. The van der Waals surface area contributed by atoms with E-state index in [4.69, 9.17) is 21.6 Å². The Morgan fingerprint density at radius 3 is 2.67 bits per heavy atom. The lowest BCUT2D eigenvalue weighted by Gasteiger charge is -2.11. The van der Waals surface area contributed by atoms with E-state index in [-0.39, 0.29) is 18.2 Å². The molecule has 0 heterocycles. The highest BCUT2D eigenvalue weighted by Gasteiger charge is 2.13. The first-order valence-electron chi connectivity index (χ1n) is 7.12. The Hall–Kier alpha value is -2.84. The highest BCUT2D eigenvalue weighted by atomic mass is 35.5. The second kappa shape index (κ2) is 7.62. The Morgan fingerprint density at radius 2 is 2.04 bits per heavy atom. The summed E-state index contributed by atoms with van der Waals surface area (Å²) in [6, 6.07) is 12.0. The minimum atomic E-state index is -0.347. The number of methoxy groups -OCH3 is 1. The summed E-state index contributed by atoms with van der Waals surface area (Å²) in [5.41, 5.74) is 2.08. The molecule has 0 saturated carbocycles. The molecule has 0 fully saturated rings. The van der Waals surface area contributed by atoms with Crippen molar-refractivity contribution in [1.82, 2.24) is 5.32 Å². The third-order valence-corrected chi connectivity index (χ3v) is 3.66. The summed E-state index contributed by atoms with van der Waals surface area (Å²) in [6.45, 7) is 1.38. The van der Waals surface area contributed by atoms with Gasteiger partial charge in [0.1, 0.15) is 17.6 Å². The summed E-state index contributed by atoms with van der Waals surface area (Å²) >= 11 is 6.02. The first kappa shape index (κ1) is 17.5. The van der Waals surface area contributed by atoms with E-state index in [9.17, 15) is 9.59 Å². The van der Waals surface area contributed by atoms with Crippen LogP contribution in [0.2, 0.25) is 5.02 Å². The van der Waals surface area contributed by atoms with Gasteiger partial charge in [0.15, 0.2) is 0 Å². The number of nitrogens with one attached hydrogen (secondary N) is 1. The molecule has 2 aromatic rings. The molecule has 6 heteroatoms. The third kappa shape index (κ3) is 3.92. The molecule has 122 valence electrons. The monoisotopic (exact) mass is 342 g/mol. The summed E-state index contributed by atoms with van der Waals surface area (Å²) < 4.78 is 5.32. The van der Waals surface area contributed by atoms with Crippen molar-refractivity contribution in [1.29, 1.82) is 5.26 Å². The molecule has 24 heavy (non-hydrogen) atoms. The van der Waals surface area contributed by atoms with Crippen LogP contribution in [-0.2, 0) is 4.79 Å². The average Bonchev–Trinajstić information content (AvgIpc) is 2.59. The van der Waals surface area contributed by atoms with Gasteiger partial charge >= 0.3 is 0 Å². The number of amides is 1. The molecule has 0 spiro atoms. The first-order chi connectivity index (χ1) is 11.5. The number of halogens is 1. The molecule has 0 bridgehead atoms. The molecule has 0 unspecified atom stereocenters. The number of carbonyl (C=O) groups excluding carboxylic acids is 2. The number of ketones is 1. The normalized spacial score (nSPS) is 9.92. The van der Waals surface area contributed by atoms with Gasteiger partial charge in [-0.3, -0.25) is 9.59 Å². The quantitative estimate of drug-likeness (QED) is 0.904. The number of nitrogens with zero attached hydrogens (tertiary/aromatic N) is 1. The van der Waals surface area contributed by atoms with Gasteiger partial charge in [0.25, 0.3) is 5.91 Å². The SMILES string of the molecule is COc1cc(Cl)c(C#N)cc1-c1cccc(C(=O)NCC(C)=O)c1. The van der Waals surface area contributed by atoms with Crippen molar-refractivity contribution in [3.63, 3.8) is 0 Å². The largest absolute Gasteiger partial charge is 0.496 e. The van der Waals surface area contributed by atoms with E-state index in [1.807, 2.05) is 6.07 Å². The van der Waals surface area contributed by atoms with Crippen molar-refractivity contribution in [2.45, 2.75) is 6.92 Å². The highest BCUT2D eigenvalue weighted by molar-refractivity contribution is 6.32. The van der Waals surface area contributed by atoms with Crippen molar-refractivity contribution < 1.29 is 14.3 Å². The molecule has 0 aliphatic rings. The third-order valence-electron chi connectivity index (χ3n) is 3.34. The molecule has 0 aliphatic carbocycles. The van der Waals surface area contributed by atoms with Crippen LogP contribution < -0.4 is 10.1 Å². The van der Waals surface area contributed by atoms with E-state index in [2.05, 4.69) is 5.32 Å². The molecular formula is C18H15ClN2O3. The highest BCUT2D eigenvalue weighted by Crippen LogP contribution is 2.35. The van der Waals surface area contributed by atoms with Crippen molar-refractivity contribution >= 4 is 23.3 Å². The Labute approximate surface area is 144 Å². The minimum absolute atomic E-state index is 0.0219. The smallest absolute Gasteiger partial charge is 0.251 e. The lowest BCUT2D eigenvalue weighted by atomic mass is 10.00. The van der Waals surface area contributed by atoms with E-state index in [0.717, 1.165) is 0 Å². The van der Waals surface area contributed by atoms with Crippen LogP contribution in [0.15, 0.2) is 36.4 Å². The van der Waals surface area contributed by atoms with E-state index >= 15 is 0 Å². The standard InChI is InChI=1S/C18H15ClN2O3/c1-11(22)10-21-18(23)13-5-3-4-12(6-13)15-7-14(9-20)16(19)8-17(15)24-2/h3-8H,10H2,1-2H3,(H,21,23). The van der Waals surface area contributed by atoms with Crippen LogP contribution in [0, 0.1) is 11.3 Å². The van der Waals surface area contributed by atoms with Gasteiger partial charge in [0.2, 0.25) is 0 Å². The van der Waals surface area contributed by atoms with Gasteiger partial charge < -0.3 is 10.1 Å². The molecule has 0 saturated heterocycles. The number of ether oxygens (including phenoxy) is 1. The Morgan fingerprint density at radius 1 is 1.29 bits per heavy atom. The van der Waals surface area contributed by atoms with Crippen molar-refractivity contribution in [3.05, 3.63) is 52.5 Å². The number of rotatable bonds is 5. The molecule has 0 aliphatic heterocycles. The predicted octanol–water partition coefficient (Wildman–Crippen LogP) is 3.21. The van der Waals surface area contributed by atoms with Crippen LogP contribution in [0.25, 0.3) is 11.1 Å². The zero-order chi connectivity index (χ0) is 17.7. The van der Waals surface area contributed by atoms with Crippen LogP contribution in [0.4, 0.5) is 0 Å². The summed E-state index contributed by atoms with van der Waals surface area (Å²) in [5.74, 6) is 0.0262. The number of hydrogen-bond donors (Lipinski definition) is 1. The zero-order valence-corrected chi connectivity index (χ0v) is 14.0. The number of nitriles is 1. The van der Waals surface area contributed by atoms with Crippen molar-refractivity contribution in [3.8, 4) is 22.9 Å². The fraction of sp³-hybridized carbons (Fsp3) is 0.167. The Bertz CT molecular complexity index is 841. The Balaban J connectivity index is 2.43. The van der Waals surface area contributed by atoms with Crippen LogP contribution in [0.3, 0.4) is 0 Å². The van der Waals surface area contributed by atoms with E-state index in [1.165, 1.54) is 14.0 Å². The van der Waals surface area contributed by atoms with Gasteiger partial charge in [0, 0.05) is 17.2 Å². The van der Waals surface area contributed by atoms with Gasteiger partial charge in [-0.25, -0.2) is 0 Å². The maximum Gasteiger partial charge on any atom is 0.251 e. The lowest BCUT2D eigenvalue weighted by Crippen LogP contribution is -2.28. The Kier molecular flexibility index (Phi) is 5.56. The minimum Gasteiger partial charge on any atom is -0.496 e. The topological polar surface area (TPSA) is 79.2 Å². The first-order valence-corrected chi connectivity index (χ1v) is 7.49. The van der Waals surface area contributed by atoms with E-state index in [0.29, 0.717) is 33.0 Å². The van der Waals surface area contributed by atoms with Crippen LogP contribution in [0.1, 0.15) is 22.8 Å². The number of benzene rings is 2. The second-order valence-electron chi connectivity index (χ2n) is 5.11. The molecule has 0 radical (unpaired) electrons. The molecular weight excluding hydrogens is 328 g/mol. The molecule has 0 atom stereocenters. The molecule has 2 rings (SSSR count). The number of hydrogen-bond acceptors (Lipinski definition) is 4. The van der Waals surface area contributed by atoms with Gasteiger partial charge in [0.05, 0.1) is 24.2 Å².